The molecule has 1 unspecified atom stereocenters. The van der Waals surface area contributed by atoms with Crippen molar-refractivity contribution in [3.05, 3.63) is 33.9 Å². The molecule has 1 amide bonds. The van der Waals surface area contributed by atoms with Gasteiger partial charge in [0.15, 0.2) is 0 Å². The average molecular weight is 294 g/mol. The van der Waals surface area contributed by atoms with E-state index in [-0.39, 0.29) is 17.5 Å². The van der Waals surface area contributed by atoms with Crippen molar-refractivity contribution in [1.29, 1.82) is 0 Å². The molecule has 1 rings (SSSR count). The molecule has 0 spiro atoms. The molecule has 4 N–H and O–H groups in total. The molecule has 21 heavy (non-hydrogen) atoms. The number of rotatable bonds is 6. The first-order valence-electron chi connectivity index (χ1n) is 6.74. The summed E-state index contributed by atoms with van der Waals surface area (Å²) in [6, 6.07) is 4.23. The number of nitro groups is 1. The van der Waals surface area contributed by atoms with Crippen LogP contribution in [0.1, 0.15) is 31.1 Å². The van der Waals surface area contributed by atoms with Crippen LogP contribution in [-0.2, 0) is 0 Å². The molecule has 116 valence electrons. The van der Waals surface area contributed by atoms with Gasteiger partial charge in [0.05, 0.1) is 4.92 Å². The van der Waals surface area contributed by atoms with Crippen molar-refractivity contribution in [3.63, 3.8) is 0 Å². The van der Waals surface area contributed by atoms with Gasteiger partial charge in [0.1, 0.15) is 5.69 Å². The van der Waals surface area contributed by atoms with Crippen LogP contribution in [0.5, 0.6) is 0 Å². The monoisotopic (exact) mass is 294 g/mol. The number of benzene rings is 1. The fourth-order valence-electron chi connectivity index (χ4n) is 1.82. The Balaban J connectivity index is 3.30. The highest BCUT2D eigenvalue weighted by Crippen LogP contribution is 2.30. The van der Waals surface area contributed by atoms with Crippen LogP contribution in [0.3, 0.4) is 0 Å². The van der Waals surface area contributed by atoms with E-state index in [1.165, 1.54) is 25.2 Å². The number of nitro benzene ring substituents is 1. The van der Waals surface area contributed by atoms with E-state index >= 15 is 0 Å². The normalized spacial score (nSPS) is 13.6. The maximum atomic E-state index is 11.7. The standard InChI is InChI=1S/C14H22N4O3/c1-9(2)14(3,8-15)17-11-7-10(13(19)16-4)5-6-12(11)18(20)21/h5-7,9,17H,8,15H2,1-4H3,(H,16,19). The van der Waals surface area contributed by atoms with Crippen molar-refractivity contribution < 1.29 is 9.72 Å². The van der Waals surface area contributed by atoms with E-state index in [1.807, 2.05) is 20.8 Å². The molecule has 0 heterocycles. The average Bonchev–Trinajstić information content (AvgIpc) is 2.45. The molecule has 0 aliphatic carbocycles. The zero-order valence-corrected chi connectivity index (χ0v) is 12.8. The lowest BCUT2D eigenvalue weighted by Crippen LogP contribution is -2.47. The van der Waals surface area contributed by atoms with Gasteiger partial charge in [-0.05, 0) is 25.0 Å². The van der Waals surface area contributed by atoms with E-state index in [9.17, 15) is 14.9 Å². The minimum Gasteiger partial charge on any atom is -0.373 e. The van der Waals surface area contributed by atoms with Crippen LogP contribution in [0, 0.1) is 16.0 Å². The zero-order valence-electron chi connectivity index (χ0n) is 12.8. The maximum Gasteiger partial charge on any atom is 0.292 e. The molecular formula is C14H22N4O3. The van der Waals surface area contributed by atoms with Crippen molar-refractivity contribution >= 4 is 17.3 Å². The number of nitrogens with one attached hydrogen (secondary N) is 2. The molecule has 0 aromatic heterocycles. The summed E-state index contributed by atoms with van der Waals surface area (Å²) in [5.74, 6) is -0.141. The van der Waals surface area contributed by atoms with Gasteiger partial charge in [-0.2, -0.15) is 0 Å². The Labute approximate surface area is 124 Å². The fourth-order valence-corrected chi connectivity index (χ4v) is 1.82. The third-order valence-corrected chi connectivity index (χ3v) is 3.80. The van der Waals surface area contributed by atoms with Gasteiger partial charge >= 0.3 is 0 Å². The SMILES string of the molecule is CNC(=O)c1ccc([N+](=O)[O-])c(NC(C)(CN)C(C)C)c1. The van der Waals surface area contributed by atoms with Crippen molar-refractivity contribution in [2.24, 2.45) is 11.7 Å². The van der Waals surface area contributed by atoms with Crippen LogP contribution in [-0.4, -0.2) is 30.0 Å². The number of hydrogen-bond acceptors (Lipinski definition) is 5. The second-order valence-electron chi connectivity index (χ2n) is 5.47. The smallest absolute Gasteiger partial charge is 0.292 e. The minimum absolute atomic E-state index is 0.0806. The van der Waals surface area contributed by atoms with E-state index in [2.05, 4.69) is 10.6 Å². The first-order valence-corrected chi connectivity index (χ1v) is 6.74. The number of amides is 1. The van der Waals surface area contributed by atoms with Crippen molar-refractivity contribution in [2.75, 3.05) is 18.9 Å². The predicted molar refractivity (Wildman–Crippen MR) is 82.4 cm³/mol. The summed E-state index contributed by atoms with van der Waals surface area (Å²) < 4.78 is 0. The topological polar surface area (TPSA) is 110 Å². The van der Waals surface area contributed by atoms with Gasteiger partial charge in [0, 0.05) is 30.8 Å². The summed E-state index contributed by atoms with van der Waals surface area (Å²) in [5.41, 5.74) is 5.86. The molecule has 0 bridgehead atoms. The molecule has 0 aliphatic heterocycles. The van der Waals surface area contributed by atoms with E-state index in [0.29, 0.717) is 17.8 Å². The van der Waals surface area contributed by atoms with E-state index in [0.717, 1.165) is 0 Å². The third-order valence-electron chi connectivity index (χ3n) is 3.80. The number of hydrogen-bond donors (Lipinski definition) is 3. The Bertz CT molecular complexity index is 545. The molecule has 7 nitrogen and oxygen atoms in total. The summed E-state index contributed by atoms with van der Waals surface area (Å²) in [7, 11) is 1.51. The molecule has 7 heteroatoms. The molecule has 1 aromatic rings. The second kappa shape index (κ2) is 6.53. The molecule has 0 saturated heterocycles. The molecule has 1 aromatic carbocycles. The predicted octanol–water partition coefficient (Wildman–Crippen LogP) is 1.74. The van der Waals surface area contributed by atoms with Gasteiger partial charge in [-0.1, -0.05) is 13.8 Å². The van der Waals surface area contributed by atoms with Crippen LogP contribution >= 0.6 is 0 Å². The number of anilines is 1. The van der Waals surface area contributed by atoms with Gasteiger partial charge in [-0.25, -0.2) is 0 Å². The first kappa shape index (κ1) is 16.9. The van der Waals surface area contributed by atoms with E-state index in [1.54, 1.807) is 0 Å². The summed E-state index contributed by atoms with van der Waals surface area (Å²) >= 11 is 0. The Kier molecular flexibility index (Phi) is 5.26. The number of nitrogens with zero attached hydrogens (tertiary/aromatic N) is 1. The van der Waals surface area contributed by atoms with Crippen molar-refractivity contribution in [1.82, 2.24) is 5.32 Å². The molecule has 0 fully saturated rings. The van der Waals surface area contributed by atoms with Crippen LogP contribution in [0.4, 0.5) is 11.4 Å². The Morgan fingerprint density at radius 3 is 2.52 bits per heavy atom. The van der Waals surface area contributed by atoms with Crippen LogP contribution in [0.2, 0.25) is 0 Å². The van der Waals surface area contributed by atoms with Gasteiger partial charge in [-0.15, -0.1) is 0 Å². The maximum absolute atomic E-state index is 11.7. The Morgan fingerprint density at radius 1 is 1.48 bits per heavy atom. The number of nitrogens with two attached hydrogens (primary N) is 1. The highest BCUT2D eigenvalue weighted by atomic mass is 16.6. The summed E-state index contributed by atoms with van der Waals surface area (Å²) in [4.78, 5) is 22.4. The van der Waals surface area contributed by atoms with Gasteiger partial charge in [-0.3, -0.25) is 14.9 Å². The quantitative estimate of drug-likeness (QED) is 0.546. The first-order chi connectivity index (χ1) is 9.75. The van der Waals surface area contributed by atoms with E-state index in [4.69, 9.17) is 5.73 Å². The molecule has 0 saturated carbocycles. The van der Waals surface area contributed by atoms with E-state index < -0.39 is 10.5 Å². The van der Waals surface area contributed by atoms with Crippen LogP contribution < -0.4 is 16.4 Å². The lowest BCUT2D eigenvalue weighted by Gasteiger charge is -2.34. The lowest BCUT2D eigenvalue weighted by atomic mass is 9.88. The summed E-state index contributed by atoms with van der Waals surface area (Å²) in [6.07, 6.45) is 0. The highest BCUT2D eigenvalue weighted by Gasteiger charge is 2.29. The van der Waals surface area contributed by atoms with Crippen LogP contribution in [0.15, 0.2) is 18.2 Å². The summed E-state index contributed by atoms with van der Waals surface area (Å²) in [5, 5.41) is 16.8. The van der Waals surface area contributed by atoms with Gasteiger partial charge in [0.25, 0.3) is 11.6 Å². The van der Waals surface area contributed by atoms with Gasteiger partial charge < -0.3 is 16.4 Å². The zero-order chi connectivity index (χ0) is 16.2. The Hall–Kier alpha value is -2.15. The highest BCUT2D eigenvalue weighted by molar-refractivity contribution is 5.95. The molecule has 0 radical (unpaired) electrons. The lowest BCUT2D eigenvalue weighted by molar-refractivity contribution is -0.384. The largest absolute Gasteiger partial charge is 0.373 e. The fraction of sp³-hybridized carbons (Fsp3) is 0.500. The number of carbonyl (C=O) groups excluding carboxylic acids is 1. The van der Waals surface area contributed by atoms with Crippen molar-refractivity contribution in [2.45, 2.75) is 26.3 Å². The molecular weight excluding hydrogens is 272 g/mol. The van der Waals surface area contributed by atoms with Gasteiger partial charge in [0.2, 0.25) is 0 Å². The van der Waals surface area contributed by atoms with Crippen LogP contribution in [0.25, 0.3) is 0 Å². The minimum atomic E-state index is -0.508. The summed E-state index contributed by atoms with van der Waals surface area (Å²) in [6.45, 7) is 6.17. The second-order valence-corrected chi connectivity index (χ2v) is 5.47. The molecule has 0 aliphatic rings. The van der Waals surface area contributed by atoms with Crippen molar-refractivity contribution in [3.8, 4) is 0 Å². The number of carbonyl (C=O) groups is 1. The Morgan fingerprint density at radius 2 is 2.10 bits per heavy atom. The molecule has 1 atom stereocenters. The third kappa shape index (κ3) is 3.69.